The smallest absolute Gasteiger partial charge is 0.270 e. The molecule has 2 heterocycles. The summed E-state index contributed by atoms with van der Waals surface area (Å²) in [5.41, 5.74) is 0.623. The van der Waals surface area contributed by atoms with Gasteiger partial charge in [0.1, 0.15) is 15.3 Å². The van der Waals surface area contributed by atoms with Gasteiger partial charge in [-0.05, 0) is 46.5 Å². The number of carbonyl (C=O) groups excluding carboxylic acids is 1. The highest BCUT2D eigenvalue weighted by Gasteiger charge is 2.13. The SMILES string of the molecule is Cc1nnsc1C(=O)Nc1cccc(Br)n1. The van der Waals surface area contributed by atoms with Crippen LogP contribution in [0.5, 0.6) is 0 Å². The molecule has 1 N–H and O–H groups in total. The molecule has 2 rings (SSSR count). The first-order chi connectivity index (χ1) is 7.66. The van der Waals surface area contributed by atoms with Crippen LogP contribution in [0.1, 0.15) is 15.4 Å². The Labute approximate surface area is 104 Å². The molecule has 0 radical (unpaired) electrons. The maximum Gasteiger partial charge on any atom is 0.270 e. The number of nitrogens with zero attached hydrogens (tertiary/aromatic N) is 3. The second kappa shape index (κ2) is 4.67. The number of hydrogen-bond donors (Lipinski definition) is 1. The van der Waals surface area contributed by atoms with E-state index in [1.807, 2.05) is 0 Å². The lowest BCUT2D eigenvalue weighted by Crippen LogP contribution is -2.12. The van der Waals surface area contributed by atoms with Crippen LogP contribution in [-0.4, -0.2) is 20.5 Å². The summed E-state index contributed by atoms with van der Waals surface area (Å²) >= 11 is 4.30. The van der Waals surface area contributed by atoms with Crippen molar-refractivity contribution in [2.45, 2.75) is 6.92 Å². The van der Waals surface area contributed by atoms with Gasteiger partial charge in [-0.1, -0.05) is 10.6 Å². The van der Waals surface area contributed by atoms with E-state index in [4.69, 9.17) is 0 Å². The number of aromatic nitrogens is 3. The van der Waals surface area contributed by atoms with Crippen LogP contribution in [0, 0.1) is 6.92 Å². The molecule has 0 fully saturated rings. The van der Waals surface area contributed by atoms with E-state index in [-0.39, 0.29) is 5.91 Å². The summed E-state index contributed by atoms with van der Waals surface area (Å²) in [6.45, 7) is 1.74. The lowest BCUT2D eigenvalue weighted by atomic mass is 10.3. The Hall–Kier alpha value is -1.34. The summed E-state index contributed by atoms with van der Waals surface area (Å²) in [4.78, 5) is 16.4. The molecular weight excluding hydrogens is 292 g/mol. The van der Waals surface area contributed by atoms with Crippen LogP contribution < -0.4 is 5.32 Å². The van der Waals surface area contributed by atoms with Crippen molar-refractivity contribution in [2.75, 3.05) is 5.32 Å². The van der Waals surface area contributed by atoms with Crippen molar-refractivity contribution < 1.29 is 4.79 Å². The van der Waals surface area contributed by atoms with Gasteiger partial charge in [-0.2, -0.15) is 0 Å². The lowest BCUT2D eigenvalue weighted by Gasteiger charge is -2.02. The maximum atomic E-state index is 11.8. The van der Waals surface area contributed by atoms with Crippen LogP contribution in [-0.2, 0) is 0 Å². The molecule has 0 atom stereocenters. The van der Waals surface area contributed by atoms with Gasteiger partial charge in [0.05, 0.1) is 5.69 Å². The van der Waals surface area contributed by atoms with Gasteiger partial charge in [0.15, 0.2) is 0 Å². The zero-order valence-electron chi connectivity index (χ0n) is 8.27. The van der Waals surface area contributed by atoms with Gasteiger partial charge >= 0.3 is 0 Å². The van der Waals surface area contributed by atoms with Gasteiger partial charge in [-0.3, -0.25) is 4.79 Å². The van der Waals surface area contributed by atoms with E-state index in [9.17, 15) is 4.79 Å². The number of nitrogens with one attached hydrogen (secondary N) is 1. The normalized spacial score (nSPS) is 10.1. The zero-order valence-corrected chi connectivity index (χ0v) is 10.7. The minimum Gasteiger partial charge on any atom is -0.306 e. The van der Waals surface area contributed by atoms with Gasteiger partial charge in [0.25, 0.3) is 5.91 Å². The van der Waals surface area contributed by atoms with Crippen LogP contribution in [0.3, 0.4) is 0 Å². The molecule has 2 aromatic rings. The Morgan fingerprint density at radius 1 is 1.50 bits per heavy atom. The summed E-state index contributed by atoms with van der Waals surface area (Å²) in [6.07, 6.45) is 0. The van der Waals surface area contributed by atoms with E-state index in [0.29, 0.717) is 21.0 Å². The predicted octanol–water partition coefficient (Wildman–Crippen LogP) is 2.26. The fraction of sp³-hybridized carbons (Fsp3) is 0.111. The molecule has 0 aromatic carbocycles. The van der Waals surface area contributed by atoms with Crippen LogP contribution in [0.25, 0.3) is 0 Å². The molecule has 16 heavy (non-hydrogen) atoms. The number of carbonyl (C=O) groups is 1. The minimum atomic E-state index is -0.238. The molecule has 0 bridgehead atoms. The second-order valence-electron chi connectivity index (χ2n) is 2.99. The maximum absolute atomic E-state index is 11.8. The number of anilines is 1. The molecule has 1 amide bonds. The predicted molar refractivity (Wildman–Crippen MR) is 64.5 cm³/mol. The third kappa shape index (κ3) is 2.42. The molecule has 0 saturated carbocycles. The highest BCUT2D eigenvalue weighted by atomic mass is 79.9. The summed E-state index contributed by atoms with van der Waals surface area (Å²) in [5, 5.41) is 6.45. The topological polar surface area (TPSA) is 67.8 Å². The van der Waals surface area contributed by atoms with E-state index in [0.717, 1.165) is 11.5 Å². The summed E-state index contributed by atoms with van der Waals surface area (Å²) < 4.78 is 4.37. The zero-order chi connectivity index (χ0) is 11.5. The first-order valence-corrected chi connectivity index (χ1v) is 5.96. The Bertz CT molecular complexity index is 528. The highest BCUT2D eigenvalue weighted by molar-refractivity contribution is 9.10. The summed E-state index contributed by atoms with van der Waals surface area (Å²) in [5.74, 6) is 0.255. The summed E-state index contributed by atoms with van der Waals surface area (Å²) in [7, 11) is 0. The molecule has 5 nitrogen and oxygen atoms in total. The molecule has 0 unspecified atom stereocenters. The minimum absolute atomic E-state index is 0.238. The number of hydrogen-bond acceptors (Lipinski definition) is 5. The quantitative estimate of drug-likeness (QED) is 0.864. The Kier molecular flexibility index (Phi) is 3.25. The van der Waals surface area contributed by atoms with E-state index < -0.39 is 0 Å². The average Bonchev–Trinajstić information content (AvgIpc) is 2.64. The molecule has 0 aliphatic carbocycles. The molecule has 82 valence electrons. The second-order valence-corrected chi connectivity index (χ2v) is 4.55. The molecule has 7 heteroatoms. The third-order valence-electron chi connectivity index (χ3n) is 1.81. The van der Waals surface area contributed by atoms with Crippen molar-refractivity contribution in [1.82, 2.24) is 14.6 Å². The van der Waals surface area contributed by atoms with Crippen LogP contribution in [0.4, 0.5) is 5.82 Å². The van der Waals surface area contributed by atoms with E-state index in [1.54, 1.807) is 25.1 Å². The van der Waals surface area contributed by atoms with Crippen molar-refractivity contribution in [3.63, 3.8) is 0 Å². The molecule has 0 spiro atoms. The van der Waals surface area contributed by atoms with Gasteiger partial charge in [-0.25, -0.2) is 4.98 Å². The summed E-state index contributed by atoms with van der Waals surface area (Å²) in [6, 6.07) is 5.30. The number of halogens is 1. The highest BCUT2D eigenvalue weighted by Crippen LogP contribution is 2.14. The number of amides is 1. The van der Waals surface area contributed by atoms with Crippen molar-refractivity contribution in [3.8, 4) is 0 Å². The first kappa shape index (κ1) is 11.2. The van der Waals surface area contributed by atoms with Gasteiger partial charge in [0, 0.05) is 0 Å². The van der Waals surface area contributed by atoms with Crippen LogP contribution >= 0.6 is 27.5 Å². The third-order valence-corrected chi connectivity index (χ3v) is 3.08. The molecule has 0 saturated heterocycles. The van der Waals surface area contributed by atoms with Crippen molar-refractivity contribution in [2.24, 2.45) is 0 Å². The first-order valence-electron chi connectivity index (χ1n) is 4.39. The van der Waals surface area contributed by atoms with Crippen molar-refractivity contribution >= 4 is 39.2 Å². The standard InChI is InChI=1S/C9H7BrN4OS/c1-5-8(16-14-13-5)9(15)12-7-4-2-3-6(10)11-7/h2-4H,1H3,(H,11,12,15). The van der Waals surface area contributed by atoms with E-state index in [2.05, 4.69) is 35.8 Å². The monoisotopic (exact) mass is 298 g/mol. The van der Waals surface area contributed by atoms with Gasteiger partial charge in [-0.15, -0.1) is 5.10 Å². The Morgan fingerprint density at radius 3 is 2.94 bits per heavy atom. The molecule has 2 aromatic heterocycles. The number of rotatable bonds is 2. The van der Waals surface area contributed by atoms with Crippen molar-refractivity contribution in [3.05, 3.63) is 33.4 Å². The number of aryl methyl sites for hydroxylation is 1. The average molecular weight is 299 g/mol. The Balaban J connectivity index is 2.17. The lowest BCUT2D eigenvalue weighted by molar-refractivity contribution is 0.102. The fourth-order valence-corrected chi connectivity index (χ4v) is 1.99. The molecule has 0 aliphatic rings. The Morgan fingerprint density at radius 2 is 2.31 bits per heavy atom. The van der Waals surface area contributed by atoms with Gasteiger partial charge < -0.3 is 5.32 Å². The largest absolute Gasteiger partial charge is 0.306 e. The molecular formula is C9H7BrN4OS. The number of pyridine rings is 1. The molecule has 0 aliphatic heterocycles. The van der Waals surface area contributed by atoms with Crippen LogP contribution in [0.15, 0.2) is 22.8 Å². The fourth-order valence-electron chi connectivity index (χ4n) is 1.09. The van der Waals surface area contributed by atoms with Gasteiger partial charge in [0.2, 0.25) is 0 Å². The van der Waals surface area contributed by atoms with E-state index >= 15 is 0 Å². The van der Waals surface area contributed by atoms with E-state index in [1.165, 1.54) is 0 Å². The van der Waals surface area contributed by atoms with Crippen LogP contribution in [0.2, 0.25) is 0 Å². The van der Waals surface area contributed by atoms with Crippen molar-refractivity contribution in [1.29, 1.82) is 0 Å².